The molecule has 4 rings (SSSR count). The molecule has 2 aromatic carbocycles. The van der Waals surface area contributed by atoms with Gasteiger partial charge in [-0.25, -0.2) is 4.98 Å². The van der Waals surface area contributed by atoms with E-state index in [1.165, 1.54) is 23.1 Å². The molecule has 0 spiro atoms. The molecule has 0 atom stereocenters. The van der Waals surface area contributed by atoms with Crippen LogP contribution in [0.15, 0.2) is 57.5 Å². The molecule has 0 aliphatic rings. The molecule has 4 aromatic rings. The smallest absolute Gasteiger partial charge is 0.236 e. The van der Waals surface area contributed by atoms with E-state index in [-0.39, 0.29) is 11.7 Å². The van der Waals surface area contributed by atoms with Crippen molar-refractivity contribution in [3.63, 3.8) is 0 Å². The second-order valence-corrected chi connectivity index (χ2v) is 10.1. The Balaban J connectivity index is 1.40. The summed E-state index contributed by atoms with van der Waals surface area (Å²) in [5.41, 5.74) is 2.42. The largest absolute Gasteiger partial charge is 0.302 e. The van der Waals surface area contributed by atoms with E-state index in [2.05, 4.69) is 36.4 Å². The van der Waals surface area contributed by atoms with Crippen LogP contribution < -0.4 is 5.32 Å². The minimum Gasteiger partial charge on any atom is -0.302 e. The number of aromatic nitrogens is 4. The van der Waals surface area contributed by atoms with E-state index < -0.39 is 0 Å². The number of nitrogens with zero attached hydrogens (tertiary/aromatic N) is 4. The van der Waals surface area contributed by atoms with Gasteiger partial charge < -0.3 is 9.88 Å². The summed E-state index contributed by atoms with van der Waals surface area (Å²) in [4.78, 5) is 16.9. The number of hydrogen-bond donors (Lipinski definition) is 1. The van der Waals surface area contributed by atoms with Crippen molar-refractivity contribution in [3.05, 3.63) is 62.4 Å². The number of thiazole rings is 1. The van der Waals surface area contributed by atoms with Crippen LogP contribution in [0.5, 0.6) is 0 Å². The molecule has 0 bridgehead atoms. The third-order valence-corrected chi connectivity index (χ3v) is 7.23. The zero-order valence-electron chi connectivity index (χ0n) is 16.7. The maximum atomic E-state index is 12.5. The Kier molecular flexibility index (Phi) is 7.52. The zero-order chi connectivity index (χ0) is 22.7. The Labute approximate surface area is 211 Å². The minimum absolute atomic E-state index is 0.172. The summed E-state index contributed by atoms with van der Waals surface area (Å²) in [6, 6.07) is 13.1. The van der Waals surface area contributed by atoms with Crippen molar-refractivity contribution in [3.8, 4) is 22.6 Å². The first-order valence-electron chi connectivity index (χ1n) is 9.47. The minimum atomic E-state index is -0.172. The Bertz CT molecular complexity index is 1260. The summed E-state index contributed by atoms with van der Waals surface area (Å²) in [6.45, 7) is 2.72. The van der Waals surface area contributed by atoms with Crippen LogP contribution in [0.2, 0.25) is 10.0 Å². The van der Waals surface area contributed by atoms with Crippen molar-refractivity contribution >= 4 is 73.3 Å². The van der Waals surface area contributed by atoms with E-state index in [0.717, 1.165) is 21.4 Å². The van der Waals surface area contributed by atoms with Crippen molar-refractivity contribution in [2.75, 3.05) is 11.1 Å². The third kappa shape index (κ3) is 5.35. The van der Waals surface area contributed by atoms with Crippen LogP contribution in [-0.2, 0) is 11.3 Å². The molecule has 0 aliphatic carbocycles. The summed E-state index contributed by atoms with van der Waals surface area (Å²) < 4.78 is 2.99. The molecule has 0 saturated heterocycles. The first-order valence-corrected chi connectivity index (χ1v) is 12.9. The number of carbonyl (C=O) groups excluding carboxylic acids is 1. The van der Waals surface area contributed by atoms with E-state index in [0.29, 0.717) is 32.6 Å². The van der Waals surface area contributed by atoms with Gasteiger partial charge in [-0.1, -0.05) is 63.0 Å². The maximum Gasteiger partial charge on any atom is 0.236 e. The lowest BCUT2D eigenvalue weighted by molar-refractivity contribution is -0.113. The fourth-order valence-electron chi connectivity index (χ4n) is 2.93. The van der Waals surface area contributed by atoms with E-state index >= 15 is 0 Å². The second kappa shape index (κ2) is 10.4. The van der Waals surface area contributed by atoms with Crippen molar-refractivity contribution in [1.29, 1.82) is 0 Å². The highest BCUT2D eigenvalue weighted by Gasteiger charge is 2.16. The quantitative estimate of drug-likeness (QED) is 0.246. The number of anilines is 1. The summed E-state index contributed by atoms with van der Waals surface area (Å²) in [6.07, 6.45) is 0. The molecule has 11 heteroatoms. The first kappa shape index (κ1) is 23.3. The van der Waals surface area contributed by atoms with Gasteiger partial charge in [0.2, 0.25) is 5.91 Å². The van der Waals surface area contributed by atoms with Gasteiger partial charge in [-0.3, -0.25) is 4.79 Å². The molecule has 0 fully saturated rings. The van der Waals surface area contributed by atoms with Crippen LogP contribution in [0, 0.1) is 0 Å². The molecule has 6 nitrogen and oxygen atoms in total. The van der Waals surface area contributed by atoms with Gasteiger partial charge in [0, 0.05) is 32.5 Å². The highest BCUT2D eigenvalue weighted by Crippen LogP contribution is 2.32. The Morgan fingerprint density at radius 3 is 2.69 bits per heavy atom. The molecular weight excluding hydrogens is 553 g/mol. The Morgan fingerprint density at radius 1 is 1.19 bits per heavy atom. The summed E-state index contributed by atoms with van der Waals surface area (Å²) in [5.74, 6) is 0.788. The van der Waals surface area contributed by atoms with Gasteiger partial charge in [0.15, 0.2) is 16.1 Å². The molecule has 1 N–H and O–H groups in total. The van der Waals surface area contributed by atoms with Gasteiger partial charge in [0.05, 0.1) is 16.5 Å². The fraction of sp³-hybridized carbons (Fsp3) is 0.143. The molecule has 32 heavy (non-hydrogen) atoms. The number of nitrogens with one attached hydrogen (secondary N) is 1. The van der Waals surface area contributed by atoms with Gasteiger partial charge in [-0.05, 0) is 37.3 Å². The summed E-state index contributed by atoms with van der Waals surface area (Å²) in [7, 11) is 0. The lowest BCUT2D eigenvalue weighted by atomic mass is 10.2. The average Bonchev–Trinajstić information content (AvgIpc) is 3.39. The Morgan fingerprint density at radius 2 is 1.97 bits per heavy atom. The summed E-state index contributed by atoms with van der Waals surface area (Å²) in [5, 5.41) is 15.5. The van der Waals surface area contributed by atoms with E-state index in [1.807, 2.05) is 47.2 Å². The standard InChI is InChI=1S/C21H16BrCl2N5OS2/c1-2-29-19(12-3-5-13(22)6-4-12)27-28-21(29)32-11-18(30)26-20-25-17(10-31-20)15-8-7-14(23)9-16(15)24/h3-10H,2,11H2,1H3,(H,25,26,30). The van der Waals surface area contributed by atoms with Crippen LogP contribution >= 0.6 is 62.2 Å². The van der Waals surface area contributed by atoms with Crippen molar-refractivity contribution < 1.29 is 4.79 Å². The van der Waals surface area contributed by atoms with E-state index in [4.69, 9.17) is 23.2 Å². The molecule has 0 saturated carbocycles. The molecule has 2 heterocycles. The predicted molar refractivity (Wildman–Crippen MR) is 136 cm³/mol. The number of halogens is 3. The number of amides is 1. The number of hydrogen-bond acceptors (Lipinski definition) is 6. The lowest BCUT2D eigenvalue weighted by Crippen LogP contribution is -2.14. The third-order valence-electron chi connectivity index (χ3n) is 4.43. The fourth-order valence-corrected chi connectivity index (χ4v) is 5.23. The number of thioether (sulfide) groups is 1. The van der Waals surface area contributed by atoms with Crippen LogP contribution in [0.4, 0.5) is 5.13 Å². The van der Waals surface area contributed by atoms with E-state index in [9.17, 15) is 4.79 Å². The molecule has 164 valence electrons. The summed E-state index contributed by atoms with van der Waals surface area (Å²) >= 11 is 18.3. The monoisotopic (exact) mass is 567 g/mol. The lowest BCUT2D eigenvalue weighted by Gasteiger charge is -2.07. The average molecular weight is 569 g/mol. The van der Waals surface area contributed by atoms with E-state index in [1.54, 1.807) is 12.1 Å². The first-order chi connectivity index (χ1) is 15.4. The zero-order valence-corrected chi connectivity index (χ0v) is 21.4. The molecule has 0 unspecified atom stereocenters. The van der Waals surface area contributed by atoms with Gasteiger partial charge in [-0.15, -0.1) is 21.5 Å². The highest BCUT2D eigenvalue weighted by molar-refractivity contribution is 9.10. The van der Waals surface area contributed by atoms with Crippen LogP contribution in [0.3, 0.4) is 0 Å². The topological polar surface area (TPSA) is 72.7 Å². The van der Waals surface area contributed by atoms with Crippen molar-refractivity contribution in [2.24, 2.45) is 0 Å². The maximum absolute atomic E-state index is 12.5. The number of benzene rings is 2. The number of carbonyl (C=O) groups is 1. The molecule has 1 amide bonds. The van der Waals surface area contributed by atoms with Crippen molar-refractivity contribution in [1.82, 2.24) is 19.7 Å². The SMILES string of the molecule is CCn1c(SCC(=O)Nc2nc(-c3ccc(Cl)cc3Cl)cs2)nnc1-c1ccc(Br)cc1. The van der Waals surface area contributed by atoms with Gasteiger partial charge >= 0.3 is 0 Å². The number of rotatable bonds is 7. The predicted octanol–water partition coefficient (Wildman–Crippen LogP) is 6.89. The van der Waals surface area contributed by atoms with Crippen LogP contribution in [0.25, 0.3) is 22.6 Å². The molecular formula is C21H16BrCl2N5OS2. The van der Waals surface area contributed by atoms with Crippen LogP contribution in [-0.4, -0.2) is 31.4 Å². The van der Waals surface area contributed by atoms with Gasteiger partial charge in [-0.2, -0.15) is 0 Å². The van der Waals surface area contributed by atoms with Gasteiger partial charge in [0.25, 0.3) is 0 Å². The van der Waals surface area contributed by atoms with Crippen molar-refractivity contribution in [2.45, 2.75) is 18.6 Å². The highest BCUT2D eigenvalue weighted by atomic mass is 79.9. The molecule has 2 aromatic heterocycles. The second-order valence-electron chi connectivity index (χ2n) is 6.56. The van der Waals surface area contributed by atoms with Gasteiger partial charge in [0.1, 0.15) is 0 Å². The Hall–Kier alpha value is -1.91. The molecule has 0 radical (unpaired) electrons. The normalized spacial score (nSPS) is 11.0. The molecule has 0 aliphatic heterocycles. The van der Waals surface area contributed by atoms with Crippen LogP contribution in [0.1, 0.15) is 6.92 Å².